The maximum Gasteiger partial charge on any atom is 0.340 e. The molecule has 1 aromatic heterocycles. The Morgan fingerprint density at radius 3 is 2.75 bits per heavy atom. The summed E-state index contributed by atoms with van der Waals surface area (Å²) in [6, 6.07) is 8.13. The van der Waals surface area contributed by atoms with Gasteiger partial charge in [-0.25, -0.2) is 4.79 Å². The maximum absolute atomic E-state index is 12.0. The molecule has 0 aliphatic heterocycles. The van der Waals surface area contributed by atoms with E-state index in [1.54, 1.807) is 38.1 Å². The van der Waals surface area contributed by atoms with Gasteiger partial charge in [-0.1, -0.05) is 17.3 Å². The number of ether oxygens (including phenoxy) is 1. The van der Waals surface area contributed by atoms with Crippen molar-refractivity contribution in [1.82, 2.24) is 5.16 Å². The lowest BCUT2D eigenvalue weighted by Crippen LogP contribution is -2.16. The van der Waals surface area contributed by atoms with E-state index >= 15 is 0 Å². The second kappa shape index (κ2) is 6.01. The number of para-hydroxylation sites is 1. The van der Waals surface area contributed by atoms with Crippen molar-refractivity contribution in [1.29, 1.82) is 0 Å². The molecule has 0 aliphatic rings. The van der Waals surface area contributed by atoms with Crippen molar-refractivity contribution in [3.8, 4) is 0 Å². The first-order chi connectivity index (χ1) is 9.61. The molecule has 6 nitrogen and oxygen atoms in total. The number of carbonyl (C=O) groups excluding carboxylic acids is 2. The van der Waals surface area contributed by atoms with Crippen molar-refractivity contribution in [2.75, 3.05) is 11.9 Å². The van der Waals surface area contributed by atoms with Crippen molar-refractivity contribution in [3.63, 3.8) is 0 Å². The second-order valence-electron chi connectivity index (χ2n) is 4.04. The molecule has 0 spiro atoms. The minimum Gasteiger partial charge on any atom is -0.462 e. The lowest BCUT2D eigenvalue weighted by Gasteiger charge is -2.08. The zero-order valence-corrected chi connectivity index (χ0v) is 11.2. The molecule has 0 unspecified atom stereocenters. The van der Waals surface area contributed by atoms with Gasteiger partial charge in [-0.15, -0.1) is 0 Å². The number of rotatable bonds is 4. The molecule has 0 bridgehead atoms. The normalized spacial score (nSPS) is 10.1. The average molecular weight is 274 g/mol. The summed E-state index contributed by atoms with van der Waals surface area (Å²) in [5, 5.41) is 6.24. The molecule has 0 saturated heterocycles. The van der Waals surface area contributed by atoms with Crippen molar-refractivity contribution >= 4 is 17.6 Å². The number of aromatic nitrogens is 1. The molecule has 20 heavy (non-hydrogen) atoms. The molecule has 1 heterocycles. The summed E-state index contributed by atoms with van der Waals surface area (Å²) in [5.41, 5.74) is 0.820. The Kier molecular flexibility index (Phi) is 4.14. The predicted octanol–water partition coefficient (Wildman–Crippen LogP) is 2.41. The first-order valence-corrected chi connectivity index (χ1v) is 6.12. The maximum atomic E-state index is 12.0. The number of benzene rings is 1. The van der Waals surface area contributed by atoms with Crippen LogP contribution in [-0.4, -0.2) is 23.6 Å². The van der Waals surface area contributed by atoms with Crippen LogP contribution in [0.25, 0.3) is 0 Å². The molecule has 2 rings (SSSR count). The molecule has 0 aliphatic carbocycles. The standard InChI is InChI=1S/C14H14N2O4/c1-3-19-14(18)10-6-4-5-7-11(10)15-13(17)12-8-9(2)20-16-12/h4-8H,3H2,1-2H3,(H,15,17). The Hall–Kier alpha value is -2.63. The smallest absolute Gasteiger partial charge is 0.340 e. The molecule has 104 valence electrons. The molecule has 6 heteroatoms. The van der Waals surface area contributed by atoms with E-state index in [4.69, 9.17) is 9.26 Å². The van der Waals surface area contributed by atoms with Gasteiger partial charge in [0.25, 0.3) is 5.91 Å². The summed E-state index contributed by atoms with van der Waals surface area (Å²) in [6.45, 7) is 3.68. The van der Waals surface area contributed by atoms with Gasteiger partial charge in [0.05, 0.1) is 17.9 Å². The van der Waals surface area contributed by atoms with Crippen LogP contribution in [0, 0.1) is 6.92 Å². The third-order valence-corrected chi connectivity index (χ3v) is 2.53. The summed E-state index contributed by atoms with van der Waals surface area (Å²) >= 11 is 0. The third-order valence-electron chi connectivity index (χ3n) is 2.53. The van der Waals surface area contributed by atoms with Gasteiger partial charge < -0.3 is 14.6 Å². The number of carbonyl (C=O) groups is 2. The van der Waals surface area contributed by atoms with E-state index in [-0.39, 0.29) is 12.3 Å². The zero-order chi connectivity index (χ0) is 14.5. The third kappa shape index (κ3) is 3.03. The predicted molar refractivity (Wildman–Crippen MR) is 71.6 cm³/mol. The molecule has 1 amide bonds. The fourth-order valence-electron chi connectivity index (χ4n) is 1.64. The topological polar surface area (TPSA) is 81.4 Å². The summed E-state index contributed by atoms with van der Waals surface area (Å²) in [5.74, 6) is -0.396. The molecule has 1 aromatic carbocycles. The van der Waals surface area contributed by atoms with E-state index in [9.17, 15) is 9.59 Å². The largest absolute Gasteiger partial charge is 0.462 e. The Morgan fingerprint density at radius 1 is 1.35 bits per heavy atom. The van der Waals surface area contributed by atoms with Crippen LogP contribution in [0.4, 0.5) is 5.69 Å². The average Bonchev–Trinajstić information content (AvgIpc) is 2.86. The quantitative estimate of drug-likeness (QED) is 0.866. The van der Waals surface area contributed by atoms with Gasteiger partial charge in [0.15, 0.2) is 5.69 Å². The molecular formula is C14H14N2O4. The fourth-order valence-corrected chi connectivity index (χ4v) is 1.64. The van der Waals surface area contributed by atoms with Crippen LogP contribution in [0.1, 0.15) is 33.5 Å². The van der Waals surface area contributed by atoms with Crippen LogP contribution in [0.5, 0.6) is 0 Å². The zero-order valence-electron chi connectivity index (χ0n) is 11.2. The van der Waals surface area contributed by atoms with Gasteiger partial charge in [-0.2, -0.15) is 0 Å². The highest BCUT2D eigenvalue weighted by molar-refractivity contribution is 6.07. The molecule has 0 fully saturated rings. The van der Waals surface area contributed by atoms with Crippen LogP contribution in [0.3, 0.4) is 0 Å². The molecule has 2 aromatic rings. The minimum absolute atomic E-state index is 0.154. The van der Waals surface area contributed by atoms with Crippen molar-refractivity contribution in [2.24, 2.45) is 0 Å². The highest BCUT2D eigenvalue weighted by Gasteiger charge is 2.16. The molecular weight excluding hydrogens is 260 g/mol. The number of amides is 1. The first kappa shape index (κ1) is 13.8. The van der Waals surface area contributed by atoms with E-state index in [2.05, 4.69) is 10.5 Å². The molecule has 0 saturated carbocycles. The summed E-state index contributed by atoms with van der Waals surface area (Å²) in [7, 11) is 0. The van der Waals surface area contributed by atoms with E-state index in [1.807, 2.05) is 0 Å². The molecule has 0 radical (unpaired) electrons. The summed E-state index contributed by atoms with van der Waals surface area (Å²) in [4.78, 5) is 23.8. The van der Waals surface area contributed by atoms with Gasteiger partial charge in [0.2, 0.25) is 0 Å². The van der Waals surface area contributed by atoms with Crippen LogP contribution in [0.2, 0.25) is 0 Å². The molecule has 0 atom stereocenters. The van der Waals surface area contributed by atoms with Gasteiger partial charge in [-0.05, 0) is 26.0 Å². The van der Waals surface area contributed by atoms with Crippen LogP contribution in [0.15, 0.2) is 34.9 Å². The number of nitrogens with zero attached hydrogens (tertiary/aromatic N) is 1. The Labute approximate surface area is 115 Å². The number of esters is 1. The fraction of sp³-hybridized carbons (Fsp3) is 0.214. The van der Waals surface area contributed by atoms with Gasteiger partial charge in [-0.3, -0.25) is 4.79 Å². The molecule has 1 N–H and O–H groups in total. The number of hydrogen-bond acceptors (Lipinski definition) is 5. The highest BCUT2D eigenvalue weighted by atomic mass is 16.5. The number of nitrogens with one attached hydrogen (secondary N) is 1. The lowest BCUT2D eigenvalue weighted by molar-refractivity contribution is 0.0527. The van der Waals surface area contributed by atoms with Crippen molar-refractivity contribution < 1.29 is 18.8 Å². The van der Waals surface area contributed by atoms with E-state index < -0.39 is 11.9 Å². The summed E-state index contributed by atoms with van der Waals surface area (Å²) < 4.78 is 9.77. The number of aryl methyl sites for hydroxylation is 1. The van der Waals surface area contributed by atoms with Crippen LogP contribution >= 0.6 is 0 Å². The second-order valence-corrected chi connectivity index (χ2v) is 4.04. The lowest BCUT2D eigenvalue weighted by atomic mass is 10.1. The van der Waals surface area contributed by atoms with E-state index in [1.165, 1.54) is 6.07 Å². The number of anilines is 1. The Bertz CT molecular complexity index is 634. The van der Waals surface area contributed by atoms with Gasteiger partial charge in [0, 0.05) is 6.07 Å². The Morgan fingerprint density at radius 2 is 2.10 bits per heavy atom. The number of hydrogen-bond donors (Lipinski definition) is 1. The van der Waals surface area contributed by atoms with Crippen molar-refractivity contribution in [2.45, 2.75) is 13.8 Å². The first-order valence-electron chi connectivity index (χ1n) is 6.12. The van der Waals surface area contributed by atoms with Crippen LogP contribution < -0.4 is 5.32 Å². The Balaban J connectivity index is 2.21. The highest BCUT2D eigenvalue weighted by Crippen LogP contribution is 2.17. The van der Waals surface area contributed by atoms with E-state index in [0.29, 0.717) is 17.0 Å². The monoisotopic (exact) mass is 274 g/mol. The SMILES string of the molecule is CCOC(=O)c1ccccc1NC(=O)c1cc(C)on1. The summed E-state index contributed by atoms with van der Waals surface area (Å²) in [6.07, 6.45) is 0. The van der Waals surface area contributed by atoms with E-state index in [0.717, 1.165) is 0 Å². The minimum atomic E-state index is -0.486. The van der Waals surface area contributed by atoms with Crippen molar-refractivity contribution in [3.05, 3.63) is 47.3 Å². The van der Waals surface area contributed by atoms with Crippen LogP contribution in [-0.2, 0) is 4.74 Å². The van der Waals surface area contributed by atoms with Gasteiger partial charge in [0.1, 0.15) is 5.76 Å². The van der Waals surface area contributed by atoms with Gasteiger partial charge >= 0.3 is 5.97 Å².